The van der Waals surface area contributed by atoms with E-state index in [1.807, 2.05) is 67.6 Å². The largest absolute Gasteiger partial charge is 0.444 e. The Morgan fingerprint density at radius 2 is 1.72 bits per heavy atom. The van der Waals surface area contributed by atoms with Gasteiger partial charge in [0.2, 0.25) is 5.91 Å². The van der Waals surface area contributed by atoms with Crippen LogP contribution < -0.4 is 5.32 Å². The van der Waals surface area contributed by atoms with Crippen LogP contribution in [0.3, 0.4) is 0 Å². The van der Waals surface area contributed by atoms with Gasteiger partial charge in [-0.05, 0) is 51.8 Å². The number of likely N-dealkylation sites (tertiary alicyclic amines) is 1. The van der Waals surface area contributed by atoms with Gasteiger partial charge in [-0.2, -0.15) is 0 Å². The summed E-state index contributed by atoms with van der Waals surface area (Å²) in [5, 5.41) is 2.66. The first-order valence-corrected chi connectivity index (χ1v) is 11.7. The number of hydrogen-bond donors (Lipinski definition) is 1. The fraction of sp³-hybridized carbons (Fsp3) is 0.440. The third-order valence-corrected chi connectivity index (χ3v) is 6.48. The maximum atomic E-state index is 15.5. The monoisotopic (exact) mass is 458 g/mol. The van der Waals surface area contributed by atoms with Gasteiger partial charge in [-0.25, -0.2) is 9.18 Å². The fourth-order valence-corrected chi connectivity index (χ4v) is 4.83. The molecular weight excluding hydrogens is 427 g/mol. The number of halogens is 1. The van der Waals surface area contributed by atoms with Crippen molar-refractivity contribution in [2.45, 2.75) is 62.2 Å². The number of carbonyl (C=O) groups is 2. The highest BCUT2D eigenvalue weighted by Crippen LogP contribution is 2.36. The molecule has 1 aliphatic rings. The molecule has 0 saturated carbocycles. The SMILES string of the molecule is C[C@H](c1ccccc1)N1CC[C@@H]([C@H](NC(=O)OC(C)(C)C)[C@@H](F)Sc2ccccc2)C1=O. The standard InChI is InChI=1S/C25H31FN2O3S/c1-17(18-11-7-5-8-12-18)28-16-15-20(23(28)29)21(27-24(30)31-25(2,3)4)22(26)32-19-13-9-6-10-14-19/h5-14,17,20-22H,15-16H2,1-4H3,(H,27,30)/t17-,20+,21+,22+/m1/s1. The first-order valence-electron chi connectivity index (χ1n) is 10.9. The first-order chi connectivity index (χ1) is 15.2. The lowest BCUT2D eigenvalue weighted by atomic mass is 9.99. The summed E-state index contributed by atoms with van der Waals surface area (Å²) in [6.45, 7) is 7.72. The van der Waals surface area contributed by atoms with Gasteiger partial charge in [-0.15, -0.1) is 0 Å². The summed E-state index contributed by atoms with van der Waals surface area (Å²) in [7, 11) is 0. The molecule has 4 atom stereocenters. The van der Waals surface area contributed by atoms with Gasteiger partial charge < -0.3 is 15.0 Å². The van der Waals surface area contributed by atoms with Crippen LogP contribution in [0.1, 0.15) is 45.7 Å². The molecule has 7 heteroatoms. The zero-order valence-corrected chi connectivity index (χ0v) is 19.8. The highest BCUT2D eigenvalue weighted by Gasteiger charge is 2.44. The summed E-state index contributed by atoms with van der Waals surface area (Å²) in [4.78, 5) is 28.3. The van der Waals surface area contributed by atoms with E-state index in [1.165, 1.54) is 0 Å². The minimum atomic E-state index is -1.51. The molecule has 1 saturated heterocycles. The molecule has 5 nitrogen and oxygen atoms in total. The summed E-state index contributed by atoms with van der Waals surface area (Å²) >= 11 is 0.999. The van der Waals surface area contributed by atoms with E-state index in [0.717, 1.165) is 22.2 Å². The lowest BCUT2D eigenvalue weighted by Gasteiger charge is -2.30. The Hall–Kier alpha value is -2.54. The Balaban J connectivity index is 1.79. The van der Waals surface area contributed by atoms with Crippen LogP contribution >= 0.6 is 11.8 Å². The number of alkyl carbamates (subject to hydrolysis) is 1. The van der Waals surface area contributed by atoms with Gasteiger partial charge in [-0.1, -0.05) is 60.3 Å². The maximum absolute atomic E-state index is 15.5. The average Bonchev–Trinajstić information content (AvgIpc) is 3.12. The van der Waals surface area contributed by atoms with Crippen molar-refractivity contribution in [2.24, 2.45) is 5.92 Å². The predicted molar refractivity (Wildman–Crippen MR) is 125 cm³/mol. The predicted octanol–water partition coefficient (Wildman–Crippen LogP) is 5.58. The Labute approximate surface area is 193 Å². The maximum Gasteiger partial charge on any atom is 0.408 e. The quantitative estimate of drug-likeness (QED) is 0.551. The lowest BCUT2D eigenvalue weighted by Crippen LogP contribution is -2.49. The van der Waals surface area contributed by atoms with Crippen molar-refractivity contribution in [3.05, 3.63) is 66.2 Å². The number of amides is 2. The lowest BCUT2D eigenvalue weighted by molar-refractivity contribution is -0.133. The summed E-state index contributed by atoms with van der Waals surface area (Å²) in [5.41, 5.74) is -1.21. The molecule has 2 amide bonds. The van der Waals surface area contributed by atoms with Crippen LogP contribution in [-0.2, 0) is 9.53 Å². The van der Waals surface area contributed by atoms with E-state index in [-0.39, 0.29) is 11.9 Å². The highest BCUT2D eigenvalue weighted by molar-refractivity contribution is 7.99. The number of carbonyl (C=O) groups excluding carboxylic acids is 2. The summed E-state index contributed by atoms with van der Waals surface area (Å²) in [5.74, 6) is -0.821. The number of ether oxygens (including phenoxy) is 1. The Morgan fingerprint density at radius 3 is 2.31 bits per heavy atom. The van der Waals surface area contributed by atoms with Crippen LogP contribution in [-0.4, -0.2) is 40.6 Å². The molecule has 1 aliphatic heterocycles. The Morgan fingerprint density at radius 1 is 1.12 bits per heavy atom. The summed E-state index contributed by atoms with van der Waals surface area (Å²) < 4.78 is 20.9. The summed E-state index contributed by atoms with van der Waals surface area (Å²) in [6, 6.07) is 17.8. The molecule has 1 heterocycles. The van der Waals surface area contributed by atoms with Crippen molar-refractivity contribution >= 4 is 23.8 Å². The molecule has 0 bridgehead atoms. The van der Waals surface area contributed by atoms with Crippen molar-refractivity contribution in [1.29, 1.82) is 0 Å². The van der Waals surface area contributed by atoms with Gasteiger partial charge in [0.1, 0.15) is 5.60 Å². The van der Waals surface area contributed by atoms with Gasteiger partial charge in [0.25, 0.3) is 0 Å². The number of rotatable bonds is 7. The van der Waals surface area contributed by atoms with Crippen LogP contribution in [0.25, 0.3) is 0 Å². The smallest absolute Gasteiger partial charge is 0.408 e. The van der Waals surface area contributed by atoms with Crippen LogP contribution in [0.5, 0.6) is 0 Å². The number of hydrogen-bond acceptors (Lipinski definition) is 4. The Kier molecular flexibility index (Phi) is 7.82. The van der Waals surface area contributed by atoms with E-state index in [2.05, 4.69) is 5.32 Å². The van der Waals surface area contributed by atoms with Crippen LogP contribution in [0, 0.1) is 5.92 Å². The zero-order chi connectivity index (χ0) is 23.3. The van der Waals surface area contributed by atoms with Gasteiger partial charge in [0, 0.05) is 11.4 Å². The second kappa shape index (κ2) is 10.4. The first kappa shape index (κ1) is 24.1. The minimum absolute atomic E-state index is 0.129. The second-order valence-corrected chi connectivity index (χ2v) is 10.1. The van der Waals surface area contributed by atoms with Crippen molar-refractivity contribution in [3.8, 4) is 0 Å². The van der Waals surface area contributed by atoms with Crippen molar-refractivity contribution in [3.63, 3.8) is 0 Å². The van der Waals surface area contributed by atoms with Crippen LogP contribution in [0.15, 0.2) is 65.6 Å². The highest BCUT2D eigenvalue weighted by atomic mass is 32.2. The van der Waals surface area contributed by atoms with Gasteiger partial charge in [0.05, 0.1) is 18.0 Å². The number of nitrogens with zero attached hydrogens (tertiary/aromatic N) is 1. The fourth-order valence-electron chi connectivity index (χ4n) is 3.85. The molecule has 0 aromatic heterocycles. The van der Waals surface area contributed by atoms with Crippen molar-refractivity contribution in [2.75, 3.05) is 6.54 Å². The zero-order valence-electron chi connectivity index (χ0n) is 19.0. The van der Waals surface area contributed by atoms with Crippen molar-refractivity contribution < 1.29 is 18.7 Å². The number of thioether (sulfide) groups is 1. The number of nitrogens with one attached hydrogen (secondary N) is 1. The van der Waals surface area contributed by atoms with E-state index in [1.54, 1.807) is 25.7 Å². The topological polar surface area (TPSA) is 58.6 Å². The minimum Gasteiger partial charge on any atom is -0.444 e. The van der Waals surface area contributed by atoms with Crippen LogP contribution in [0.4, 0.5) is 9.18 Å². The normalized spacial score (nSPS) is 19.3. The molecule has 2 aromatic carbocycles. The van der Waals surface area contributed by atoms with E-state index >= 15 is 4.39 Å². The van der Waals surface area contributed by atoms with Gasteiger partial charge in [0.15, 0.2) is 5.50 Å². The summed E-state index contributed by atoms with van der Waals surface area (Å²) in [6.07, 6.45) is -0.257. The van der Waals surface area contributed by atoms with E-state index < -0.39 is 29.2 Å². The van der Waals surface area contributed by atoms with E-state index in [4.69, 9.17) is 4.74 Å². The molecule has 1 fully saturated rings. The molecule has 32 heavy (non-hydrogen) atoms. The number of benzene rings is 2. The molecular formula is C25H31FN2O3S. The van der Waals surface area contributed by atoms with Crippen molar-refractivity contribution in [1.82, 2.24) is 10.2 Å². The molecule has 1 N–H and O–H groups in total. The molecule has 3 rings (SSSR count). The third-order valence-electron chi connectivity index (χ3n) is 5.42. The molecule has 2 aromatic rings. The van der Waals surface area contributed by atoms with E-state index in [9.17, 15) is 9.59 Å². The molecule has 172 valence electrons. The van der Waals surface area contributed by atoms with E-state index in [0.29, 0.717) is 13.0 Å². The molecule has 0 spiro atoms. The molecule has 0 unspecified atom stereocenters. The molecule has 0 aliphatic carbocycles. The van der Waals surface area contributed by atoms with Gasteiger partial charge >= 0.3 is 6.09 Å². The second-order valence-electron chi connectivity index (χ2n) is 8.97. The molecule has 0 radical (unpaired) electrons. The Bertz CT molecular complexity index is 904. The van der Waals surface area contributed by atoms with Gasteiger partial charge in [-0.3, -0.25) is 4.79 Å². The third kappa shape index (κ3) is 6.25. The average molecular weight is 459 g/mol. The van der Waals surface area contributed by atoms with Crippen LogP contribution in [0.2, 0.25) is 0 Å². The number of alkyl halides is 1.